The maximum atomic E-state index is 12.4. The molecule has 1 saturated heterocycles. The third-order valence-corrected chi connectivity index (χ3v) is 6.41. The summed E-state index contributed by atoms with van der Waals surface area (Å²) in [6, 6.07) is 15.9. The van der Waals surface area contributed by atoms with Crippen molar-refractivity contribution in [2.24, 2.45) is 0 Å². The lowest BCUT2D eigenvalue weighted by Gasteiger charge is -2.32. The zero-order valence-corrected chi connectivity index (χ0v) is 16.3. The van der Waals surface area contributed by atoms with Crippen LogP contribution in [0.1, 0.15) is 33.3 Å². The number of hydrogen-bond donors (Lipinski definition) is 1. The molecule has 0 aromatic heterocycles. The van der Waals surface area contributed by atoms with E-state index in [1.54, 1.807) is 30.3 Å². The molecular weight excluding hydrogens is 349 g/mol. The van der Waals surface area contributed by atoms with Gasteiger partial charge in [-0.3, -0.25) is 0 Å². The second kappa shape index (κ2) is 6.81. The van der Waals surface area contributed by atoms with Crippen molar-refractivity contribution in [2.45, 2.75) is 50.3 Å². The van der Waals surface area contributed by atoms with Crippen LogP contribution in [0, 0.1) is 0 Å². The molecule has 5 nitrogen and oxygen atoms in total. The van der Waals surface area contributed by atoms with E-state index in [-0.39, 0.29) is 11.4 Å². The van der Waals surface area contributed by atoms with Crippen molar-refractivity contribution in [3.63, 3.8) is 0 Å². The highest BCUT2D eigenvalue weighted by Crippen LogP contribution is 2.36. The lowest BCUT2D eigenvalue weighted by atomic mass is 9.78. The van der Waals surface area contributed by atoms with Crippen LogP contribution in [0.5, 0.6) is 0 Å². The molecule has 1 fully saturated rings. The van der Waals surface area contributed by atoms with E-state index in [0.29, 0.717) is 0 Å². The highest BCUT2D eigenvalue weighted by atomic mass is 32.2. The maximum Gasteiger partial charge on any atom is 0.494 e. The lowest BCUT2D eigenvalue weighted by Crippen LogP contribution is -2.41. The Morgan fingerprint density at radius 1 is 0.923 bits per heavy atom. The van der Waals surface area contributed by atoms with Gasteiger partial charge in [0.15, 0.2) is 0 Å². The molecule has 1 heterocycles. The molecule has 138 valence electrons. The predicted octanol–water partition coefficient (Wildman–Crippen LogP) is 2.46. The van der Waals surface area contributed by atoms with Crippen LogP contribution in [0.4, 0.5) is 0 Å². The van der Waals surface area contributed by atoms with E-state index >= 15 is 0 Å². The molecule has 26 heavy (non-hydrogen) atoms. The summed E-state index contributed by atoms with van der Waals surface area (Å²) in [6.07, 6.45) is 0. The highest BCUT2D eigenvalue weighted by molar-refractivity contribution is 7.89. The molecule has 1 N–H and O–H groups in total. The number of sulfonamides is 1. The topological polar surface area (TPSA) is 64.6 Å². The number of rotatable bonds is 5. The van der Waals surface area contributed by atoms with Gasteiger partial charge in [0.25, 0.3) is 0 Å². The molecule has 0 saturated carbocycles. The molecule has 3 rings (SSSR count). The third-order valence-electron chi connectivity index (χ3n) is 5.00. The molecule has 2 aromatic carbocycles. The standard InChI is InChI=1S/C19H24BNO4S/c1-18(2)19(3,4)25-20(24-18)16-10-8-9-15(13-16)14-21-26(22,23)17-11-6-5-7-12-17/h5-13,21H,14H2,1-4H3. The van der Waals surface area contributed by atoms with Crippen molar-refractivity contribution >= 4 is 22.6 Å². The Balaban J connectivity index is 1.73. The third kappa shape index (κ3) is 3.86. The Morgan fingerprint density at radius 3 is 2.15 bits per heavy atom. The summed E-state index contributed by atoms with van der Waals surface area (Å²) in [6.45, 7) is 8.22. The van der Waals surface area contributed by atoms with Crippen molar-refractivity contribution in [1.29, 1.82) is 0 Å². The monoisotopic (exact) mass is 373 g/mol. The van der Waals surface area contributed by atoms with E-state index in [1.807, 2.05) is 52.0 Å². The maximum absolute atomic E-state index is 12.4. The van der Waals surface area contributed by atoms with Crippen molar-refractivity contribution in [2.75, 3.05) is 0 Å². The van der Waals surface area contributed by atoms with Gasteiger partial charge in [0.05, 0.1) is 16.1 Å². The second-order valence-electron chi connectivity index (χ2n) is 7.47. The van der Waals surface area contributed by atoms with Gasteiger partial charge in [0.1, 0.15) is 0 Å². The SMILES string of the molecule is CC1(C)OB(c2cccc(CNS(=O)(=O)c3ccccc3)c2)OC1(C)C. The highest BCUT2D eigenvalue weighted by Gasteiger charge is 2.51. The van der Waals surface area contributed by atoms with Crippen LogP contribution in [0.3, 0.4) is 0 Å². The minimum absolute atomic E-state index is 0.199. The van der Waals surface area contributed by atoms with Crippen LogP contribution >= 0.6 is 0 Å². The largest absolute Gasteiger partial charge is 0.494 e. The van der Waals surface area contributed by atoms with Crippen LogP contribution in [0.15, 0.2) is 59.5 Å². The number of benzene rings is 2. The summed E-state index contributed by atoms with van der Waals surface area (Å²) in [4.78, 5) is 0.252. The molecule has 0 spiro atoms. The summed E-state index contributed by atoms with van der Waals surface area (Å²) >= 11 is 0. The van der Waals surface area contributed by atoms with Crippen LogP contribution in [0.25, 0.3) is 0 Å². The first-order valence-corrected chi connectivity index (χ1v) is 10.1. The van der Waals surface area contributed by atoms with Gasteiger partial charge in [-0.2, -0.15) is 0 Å². The van der Waals surface area contributed by atoms with Crippen LogP contribution in [-0.4, -0.2) is 26.7 Å². The van der Waals surface area contributed by atoms with Gasteiger partial charge in [-0.05, 0) is 50.9 Å². The van der Waals surface area contributed by atoms with Gasteiger partial charge in [0.2, 0.25) is 10.0 Å². The first kappa shape index (κ1) is 19.1. The predicted molar refractivity (Wildman–Crippen MR) is 103 cm³/mol. The average molecular weight is 373 g/mol. The zero-order chi connectivity index (χ0) is 19.0. The fourth-order valence-electron chi connectivity index (χ4n) is 2.69. The van der Waals surface area contributed by atoms with Crippen molar-refractivity contribution < 1.29 is 17.7 Å². The van der Waals surface area contributed by atoms with E-state index in [0.717, 1.165) is 11.0 Å². The first-order valence-electron chi connectivity index (χ1n) is 8.60. The molecule has 2 aromatic rings. The summed E-state index contributed by atoms with van der Waals surface area (Å²) in [5.74, 6) is 0. The Bertz CT molecular complexity index is 865. The summed E-state index contributed by atoms with van der Waals surface area (Å²) < 4.78 is 39.5. The molecule has 0 radical (unpaired) electrons. The van der Waals surface area contributed by atoms with Gasteiger partial charge in [0, 0.05) is 6.54 Å². The molecule has 0 atom stereocenters. The van der Waals surface area contributed by atoms with Crippen molar-refractivity contribution in [1.82, 2.24) is 4.72 Å². The fraction of sp³-hybridized carbons (Fsp3) is 0.368. The van der Waals surface area contributed by atoms with Crippen molar-refractivity contribution in [3.8, 4) is 0 Å². The molecule has 0 unspecified atom stereocenters. The van der Waals surface area contributed by atoms with E-state index < -0.39 is 28.3 Å². The zero-order valence-electron chi connectivity index (χ0n) is 15.5. The minimum atomic E-state index is -3.54. The summed E-state index contributed by atoms with van der Waals surface area (Å²) in [5.41, 5.74) is 0.891. The Kier molecular flexibility index (Phi) is 5.01. The van der Waals surface area contributed by atoms with Crippen LogP contribution in [0.2, 0.25) is 0 Å². The van der Waals surface area contributed by atoms with E-state index in [1.165, 1.54) is 0 Å². The Hall–Kier alpha value is -1.67. The van der Waals surface area contributed by atoms with Gasteiger partial charge >= 0.3 is 7.12 Å². The molecular formula is C19H24BNO4S. The Labute approximate surface area is 155 Å². The fourth-order valence-corrected chi connectivity index (χ4v) is 3.73. The van der Waals surface area contributed by atoms with E-state index in [9.17, 15) is 8.42 Å². The van der Waals surface area contributed by atoms with E-state index in [2.05, 4.69) is 4.72 Å². The smallest absolute Gasteiger partial charge is 0.399 e. The Morgan fingerprint density at radius 2 is 1.54 bits per heavy atom. The average Bonchev–Trinajstić information content (AvgIpc) is 2.82. The molecule has 1 aliphatic heterocycles. The number of nitrogens with one attached hydrogen (secondary N) is 1. The normalized spacial score (nSPS) is 18.8. The molecule has 7 heteroatoms. The summed E-state index contributed by atoms with van der Waals surface area (Å²) in [5, 5.41) is 0. The molecule has 0 bridgehead atoms. The first-order chi connectivity index (χ1) is 12.1. The molecule has 0 aliphatic carbocycles. The molecule has 1 aliphatic rings. The van der Waals surface area contributed by atoms with Gasteiger partial charge in [-0.1, -0.05) is 42.5 Å². The molecule has 0 amide bonds. The second-order valence-corrected chi connectivity index (χ2v) is 9.24. The van der Waals surface area contributed by atoms with Gasteiger partial charge in [-0.15, -0.1) is 0 Å². The van der Waals surface area contributed by atoms with E-state index in [4.69, 9.17) is 9.31 Å². The van der Waals surface area contributed by atoms with Crippen molar-refractivity contribution in [3.05, 3.63) is 60.2 Å². The summed E-state index contributed by atoms with van der Waals surface area (Å²) in [7, 11) is -4.01. The van der Waals surface area contributed by atoms with Gasteiger partial charge in [-0.25, -0.2) is 13.1 Å². The van der Waals surface area contributed by atoms with Gasteiger partial charge < -0.3 is 9.31 Å². The number of hydrogen-bond acceptors (Lipinski definition) is 4. The minimum Gasteiger partial charge on any atom is -0.399 e. The quantitative estimate of drug-likeness (QED) is 0.818. The van der Waals surface area contributed by atoms with Crippen LogP contribution < -0.4 is 10.2 Å². The lowest BCUT2D eigenvalue weighted by molar-refractivity contribution is 0.00578. The van der Waals surface area contributed by atoms with Crippen LogP contribution in [-0.2, 0) is 25.9 Å².